The molecule has 2 heterocycles. The van der Waals surface area contributed by atoms with Crippen molar-refractivity contribution in [2.75, 3.05) is 9.80 Å². The Labute approximate surface area is 267 Å². The minimum Gasteiger partial charge on any atom is -0.273 e. The highest BCUT2D eigenvalue weighted by Gasteiger charge is 2.76. The smallest absolute Gasteiger partial charge is 0.273 e. The normalized spacial score (nSPS) is 24.5. The molecule has 48 heavy (non-hydrogen) atoms. The van der Waals surface area contributed by atoms with E-state index < -0.39 is 70.3 Å². The zero-order chi connectivity index (χ0) is 33.9. The number of anilines is 2. The van der Waals surface area contributed by atoms with Gasteiger partial charge in [0.25, 0.3) is 5.91 Å². The van der Waals surface area contributed by atoms with Crippen LogP contribution in [0, 0.1) is 11.3 Å². The van der Waals surface area contributed by atoms with Gasteiger partial charge in [0.05, 0.1) is 39.8 Å². The van der Waals surface area contributed by atoms with E-state index in [0.29, 0.717) is 22.3 Å². The fraction of sp³-hybridized carbons (Fsp3) is 0.167. The topological polar surface area (TPSA) is 74.8 Å². The van der Waals surface area contributed by atoms with Crippen molar-refractivity contribution in [2.45, 2.75) is 24.2 Å². The lowest BCUT2D eigenvalue weighted by atomic mass is 9.60. The highest BCUT2D eigenvalue weighted by Crippen LogP contribution is 2.69. The molecule has 2 aliphatic carbocycles. The number of imide groups is 2. The molecular weight excluding hydrogens is 638 g/mol. The molecule has 4 amide bonds. The summed E-state index contributed by atoms with van der Waals surface area (Å²) in [5.41, 5.74) is -2.33. The average Bonchev–Trinajstić information content (AvgIpc) is 3.52. The van der Waals surface area contributed by atoms with Crippen LogP contribution < -0.4 is 9.80 Å². The Hall–Kier alpha value is -5.52. The minimum atomic E-state index is -4.68. The lowest BCUT2D eigenvalue weighted by Crippen LogP contribution is -2.48. The van der Waals surface area contributed by atoms with Crippen molar-refractivity contribution in [3.05, 3.63) is 136 Å². The SMILES string of the molecule is O=C1C2=Cc3ccccc3[C@@H]3c4ccccc4[C@H]4C(=O)N(c5ccc(C(F)(F)F)cc5)C(=O)[C@@]34C2C(=O)N1c1ccc(C(F)(F)F)cc1. The molecule has 2 fully saturated rings. The van der Waals surface area contributed by atoms with Crippen LogP contribution in [-0.4, -0.2) is 23.6 Å². The van der Waals surface area contributed by atoms with E-state index in [1.165, 1.54) is 6.08 Å². The Kier molecular flexibility index (Phi) is 6.07. The Morgan fingerprint density at radius 2 is 0.979 bits per heavy atom. The molecule has 4 aliphatic rings. The Morgan fingerprint density at radius 1 is 0.521 bits per heavy atom. The van der Waals surface area contributed by atoms with Crippen molar-refractivity contribution < 1.29 is 45.5 Å². The van der Waals surface area contributed by atoms with Crippen molar-refractivity contribution in [3.63, 3.8) is 0 Å². The van der Waals surface area contributed by atoms with Gasteiger partial charge in [-0.05, 0) is 76.9 Å². The second-order valence-corrected chi connectivity index (χ2v) is 12.1. The zero-order valence-electron chi connectivity index (χ0n) is 24.3. The van der Waals surface area contributed by atoms with Crippen molar-refractivity contribution in [1.29, 1.82) is 0 Å². The van der Waals surface area contributed by atoms with Crippen LogP contribution in [0.1, 0.15) is 45.2 Å². The van der Waals surface area contributed by atoms with Gasteiger partial charge in [-0.25, -0.2) is 9.80 Å². The van der Waals surface area contributed by atoms with E-state index in [2.05, 4.69) is 0 Å². The van der Waals surface area contributed by atoms with E-state index in [1.807, 2.05) is 0 Å². The van der Waals surface area contributed by atoms with Gasteiger partial charge in [0.1, 0.15) is 0 Å². The highest BCUT2D eigenvalue weighted by molar-refractivity contribution is 6.35. The van der Waals surface area contributed by atoms with Crippen molar-refractivity contribution in [2.24, 2.45) is 11.3 Å². The van der Waals surface area contributed by atoms with E-state index in [9.17, 15) is 40.7 Å². The van der Waals surface area contributed by atoms with Crippen LogP contribution in [0.4, 0.5) is 37.7 Å². The molecule has 4 atom stereocenters. The Balaban J connectivity index is 1.37. The number of fused-ring (bicyclic) bond motifs is 6. The van der Waals surface area contributed by atoms with Gasteiger partial charge in [-0.3, -0.25) is 19.2 Å². The van der Waals surface area contributed by atoms with Gasteiger partial charge in [-0.15, -0.1) is 0 Å². The van der Waals surface area contributed by atoms with Crippen molar-refractivity contribution >= 4 is 41.1 Å². The molecule has 1 spiro atoms. The van der Waals surface area contributed by atoms with Crippen LogP contribution in [-0.2, 0) is 31.5 Å². The van der Waals surface area contributed by atoms with Gasteiger partial charge in [0.2, 0.25) is 17.7 Å². The van der Waals surface area contributed by atoms with Gasteiger partial charge in [0.15, 0.2) is 0 Å². The number of carbonyl (C=O) groups is 4. The minimum absolute atomic E-state index is 0.122. The predicted octanol–water partition coefficient (Wildman–Crippen LogP) is 7.10. The molecular formula is C36H20F6N2O4. The van der Waals surface area contributed by atoms with Crippen LogP contribution in [0.5, 0.6) is 0 Å². The van der Waals surface area contributed by atoms with E-state index in [1.54, 1.807) is 48.5 Å². The first-order valence-corrected chi connectivity index (χ1v) is 14.8. The lowest BCUT2D eigenvalue weighted by Gasteiger charge is -2.37. The monoisotopic (exact) mass is 658 g/mol. The third kappa shape index (κ3) is 3.82. The summed E-state index contributed by atoms with van der Waals surface area (Å²) >= 11 is 0. The fourth-order valence-corrected chi connectivity index (χ4v) is 7.99. The van der Waals surface area contributed by atoms with E-state index in [-0.39, 0.29) is 16.9 Å². The van der Waals surface area contributed by atoms with Crippen LogP contribution >= 0.6 is 0 Å². The summed E-state index contributed by atoms with van der Waals surface area (Å²) in [6.07, 6.45) is -7.88. The zero-order valence-corrected chi connectivity index (χ0v) is 24.3. The highest BCUT2D eigenvalue weighted by atomic mass is 19.4. The Morgan fingerprint density at radius 3 is 1.52 bits per heavy atom. The van der Waals surface area contributed by atoms with E-state index in [4.69, 9.17) is 0 Å². The number of alkyl halides is 6. The van der Waals surface area contributed by atoms with Gasteiger partial charge < -0.3 is 0 Å². The summed E-state index contributed by atoms with van der Waals surface area (Å²) in [6, 6.07) is 20.6. The molecule has 2 aliphatic heterocycles. The number of halogens is 6. The van der Waals surface area contributed by atoms with E-state index in [0.717, 1.165) is 58.3 Å². The summed E-state index contributed by atoms with van der Waals surface area (Å²) in [5, 5.41) is 0. The first-order valence-electron chi connectivity index (χ1n) is 14.8. The van der Waals surface area contributed by atoms with Crippen LogP contribution in [0.2, 0.25) is 0 Å². The molecule has 12 heteroatoms. The average molecular weight is 659 g/mol. The third-order valence-electron chi connectivity index (χ3n) is 9.84. The quantitative estimate of drug-likeness (QED) is 0.170. The lowest BCUT2D eigenvalue weighted by molar-refractivity contribution is -0.138. The van der Waals surface area contributed by atoms with E-state index >= 15 is 4.79 Å². The van der Waals surface area contributed by atoms with Crippen molar-refractivity contribution in [3.8, 4) is 0 Å². The van der Waals surface area contributed by atoms with Gasteiger partial charge >= 0.3 is 12.4 Å². The molecule has 4 aromatic carbocycles. The maximum absolute atomic E-state index is 15.1. The number of amides is 4. The molecule has 2 saturated heterocycles. The number of hydrogen-bond acceptors (Lipinski definition) is 4. The number of hydrogen-bond donors (Lipinski definition) is 0. The van der Waals surface area contributed by atoms with Crippen molar-refractivity contribution in [1.82, 2.24) is 0 Å². The molecule has 0 bridgehead atoms. The van der Waals surface area contributed by atoms with Gasteiger partial charge in [0, 0.05) is 11.5 Å². The molecule has 0 N–H and O–H groups in total. The molecule has 0 radical (unpaired) electrons. The van der Waals surface area contributed by atoms with Gasteiger partial charge in [-0.1, -0.05) is 48.5 Å². The fourth-order valence-electron chi connectivity index (χ4n) is 7.99. The first kappa shape index (κ1) is 29.9. The number of benzene rings is 4. The number of nitrogens with zero attached hydrogens (tertiary/aromatic N) is 2. The summed E-state index contributed by atoms with van der Waals surface area (Å²) < 4.78 is 80.3. The van der Waals surface area contributed by atoms with Crippen LogP contribution in [0.25, 0.3) is 6.08 Å². The molecule has 4 aromatic rings. The molecule has 1 unspecified atom stereocenters. The third-order valence-corrected chi connectivity index (χ3v) is 9.84. The summed E-state index contributed by atoms with van der Waals surface area (Å²) in [7, 11) is 0. The number of carbonyl (C=O) groups excluding carboxylic acids is 4. The number of rotatable bonds is 2. The predicted molar refractivity (Wildman–Crippen MR) is 159 cm³/mol. The summed E-state index contributed by atoms with van der Waals surface area (Å²) in [5.74, 6) is -7.26. The van der Waals surface area contributed by atoms with Crippen LogP contribution in [0.3, 0.4) is 0 Å². The molecule has 6 nitrogen and oxygen atoms in total. The second-order valence-electron chi connectivity index (χ2n) is 12.1. The molecule has 0 aromatic heterocycles. The Bertz CT molecular complexity index is 2120. The molecule has 0 saturated carbocycles. The maximum atomic E-state index is 15.1. The summed E-state index contributed by atoms with van der Waals surface area (Å²) in [6.45, 7) is 0. The van der Waals surface area contributed by atoms with Crippen LogP contribution in [0.15, 0.2) is 103 Å². The standard InChI is InChI=1S/C36H20F6N2O4/c37-35(38,39)19-9-13-21(14-10-19)43-30(45)26-17-18-5-1-2-6-23(18)27-24-7-3-4-8-25(24)28-32(47)44(33(48)34(27,28)29(26)31(43)46)22-15-11-20(12-16-22)36(40,41)42/h1-17,27-29H/t27-,28+,29?,34+/m1/s1. The maximum Gasteiger partial charge on any atom is 0.416 e. The first-order chi connectivity index (χ1) is 22.8. The molecule has 8 rings (SSSR count). The largest absolute Gasteiger partial charge is 0.416 e. The van der Waals surface area contributed by atoms with Gasteiger partial charge in [-0.2, -0.15) is 26.3 Å². The summed E-state index contributed by atoms with van der Waals surface area (Å²) in [4.78, 5) is 60.0. The second kappa shape index (κ2) is 9.75. The molecule has 240 valence electrons.